The molecule has 62 heavy (non-hydrogen) atoms. The fraction of sp³-hybridized carbons (Fsp3) is 0. The highest BCUT2D eigenvalue weighted by atomic mass is 16.1. The average molecular weight is 793 g/mol. The molecule has 0 aliphatic rings. The van der Waals surface area contributed by atoms with E-state index in [9.17, 15) is 0 Å². The number of ketones is 1. The van der Waals surface area contributed by atoms with Crippen LogP contribution in [0.15, 0.2) is 243 Å². The number of carbonyl (C=O) groups is 1. The molecular formula is C59H40N2O. The lowest BCUT2D eigenvalue weighted by Crippen LogP contribution is -2.04. The Morgan fingerprint density at radius 1 is 0.226 bits per heavy atom. The molecule has 292 valence electrons. The Bertz CT molecular complexity index is 2760. The first-order valence-electron chi connectivity index (χ1n) is 20.8. The molecule has 8 aromatic carbocycles. The number of hydrogen-bond acceptors (Lipinski definition) is 3. The van der Waals surface area contributed by atoms with Crippen molar-refractivity contribution in [3.63, 3.8) is 0 Å². The zero-order valence-electron chi connectivity index (χ0n) is 33.9. The summed E-state index contributed by atoms with van der Waals surface area (Å²) in [5, 5.41) is 0. The van der Waals surface area contributed by atoms with Gasteiger partial charge in [-0.15, -0.1) is 0 Å². The van der Waals surface area contributed by atoms with Crippen molar-refractivity contribution in [1.82, 2.24) is 9.97 Å². The molecule has 0 radical (unpaired) electrons. The molecule has 0 aliphatic carbocycles. The van der Waals surface area contributed by atoms with Crippen LogP contribution in [0.4, 0.5) is 0 Å². The van der Waals surface area contributed by atoms with Gasteiger partial charge in [-0.1, -0.05) is 158 Å². The van der Waals surface area contributed by atoms with Crippen LogP contribution in [0.2, 0.25) is 0 Å². The minimum absolute atomic E-state index is 0.0750. The summed E-state index contributed by atoms with van der Waals surface area (Å²) in [6, 6.07) is 75.1. The normalized spacial score (nSPS) is 11.0. The minimum atomic E-state index is -0.0750. The Morgan fingerprint density at radius 2 is 0.452 bits per heavy atom. The van der Waals surface area contributed by atoms with E-state index in [2.05, 4.69) is 156 Å². The average Bonchev–Trinajstić information content (AvgIpc) is 3.37. The first-order chi connectivity index (χ1) is 30.6. The van der Waals surface area contributed by atoms with E-state index in [1.807, 2.05) is 97.6 Å². The van der Waals surface area contributed by atoms with Gasteiger partial charge >= 0.3 is 0 Å². The number of nitrogens with zero attached hydrogens (tertiary/aromatic N) is 2. The maximum Gasteiger partial charge on any atom is 0.193 e. The monoisotopic (exact) mass is 792 g/mol. The van der Waals surface area contributed by atoms with E-state index in [1.165, 1.54) is 0 Å². The Hall–Kier alpha value is -8.27. The van der Waals surface area contributed by atoms with Crippen LogP contribution in [0.5, 0.6) is 0 Å². The van der Waals surface area contributed by atoms with E-state index in [4.69, 9.17) is 0 Å². The van der Waals surface area contributed by atoms with Crippen molar-refractivity contribution in [2.24, 2.45) is 0 Å². The van der Waals surface area contributed by atoms with Gasteiger partial charge in [0.15, 0.2) is 5.78 Å². The number of pyridine rings is 2. The molecule has 0 saturated heterocycles. The number of carbonyl (C=O) groups excluding carboxylic acids is 1. The molecule has 0 N–H and O–H groups in total. The summed E-state index contributed by atoms with van der Waals surface area (Å²) >= 11 is 0. The second-order valence-electron chi connectivity index (χ2n) is 15.5. The van der Waals surface area contributed by atoms with Crippen LogP contribution in [0, 0.1) is 0 Å². The van der Waals surface area contributed by atoms with Gasteiger partial charge in [-0.25, -0.2) is 0 Å². The third kappa shape index (κ3) is 8.16. The van der Waals surface area contributed by atoms with Crippen molar-refractivity contribution in [1.29, 1.82) is 0 Å². The van der Waals surface area contributed by atoms with E-state index in [0.29, 0.717) is 11.1 Å². The van der Waals surface area contributed by atoms with E-state index in [0.717, 1.165) is 89.0 Å². The SMILES string of the molecule is O=C(c1cc(-c2cccc(-c3ccccc3)c2)cc(-c2cncc(-c3ccccc3)c2)c1)c1cc(-c2cccc(-c3ccccc3)c2)cc(-c2cncc(-c3ccccc3)c2)c1. The summed E-state index contributed by atoms with van der Waals surface area (Å²) in [5.74, 6) is -0.0750. The third-order valence-electron chi connectivity index (χ3n) is 11.4. The van der Waals surface area contributed by atoms with Crippen molar-refractivity contribution in [2.45, 2.75) is 0 Å². The van der Waals surface area contributed by atoms with Crippen LogP contribution in [0.25, 0.3) is 89.0 Å². The molecule has 10 aromatic rings. The molecule has 0 amide bonds. The van der Waals surface area contributed by atoms with Crippen LogP contribution in [0.3, 0.4) is 0 Å². The van der Waals surface area contributed by atoms with Gasteiger partial charge in [-0.05, 0) is 127 Å². The zero-order chi connectivity index (χ0) is 41.7. The maximum atomic E-state index is 15.3. The highest BCUT2D eigenvalue weighted by Gasteiger charge is 2.18. The molecule has 10 rings (SSSR count). The molecule has 0 aliphatic heterocycles. The molecular weight excluding hydrogens is 753 g/mol. The summed E-state index contributed by atoms with van der Waals surface area (Å²) in [7, 11) is 0. The molecule has 3 heteroatoms. The predicted molar refractivity (Wildman–Crippen MR) is 255 cm³/mol. The summed E-state index contributed by atoms with van der Waals surface area (Å²) in [5.41, 5.74) is 17.4. The lowest BCUT2D eigenvalue weighted by Gasteiger charge is -2.14. The molecule has 0 spiro atoms. The molecule has 2 aromatic heterocycles. The van der Waals surface area contributed by atoms with Gasteiger partial charge in [0.05, 0.1) is 0 Å². The van der Waals surface area contributed by atoms with Gasteiger partial charge in [-0.3, -0.25) is 14.8 Å². The quantitative estimate of drug-likeness (QED) is 0.130. The molecule has 0 bridgehead atoms. The van der Waals surface area contributed by atoms with Crippen molar-refractivity contribution >= 4 is 5.78 Å². The zero-order valence-corrected chi connectivity index (χ0v) is 33.9. The van der Waals surface area contributed by atoms with Gasteiger partial charge in [0.25, 0.3) is 0 Å². The van der Waals surface area contributed by atoms with E-state index < -0.39 is 0 Å². The van der Waals surface area contributed by atoms with Crippen LogP contribution in [0.1, 0.15) is 15.9 Å². The summed E-state index contributed by atoms with van der Waals surface area (Å²) in [4.78, 5) is 24.7. The van der Waals surface area contributed by atoms with Crippen LogP contribution in [-0.4, -0.2) is 15.8 Å². The molecule has 0 saturated carbocycles. The van der Waals surface area contributed by atoms with Gasteiger partial charge in [-0.2, -0.15) is 0 Å². The molecule has 0 atom stereocenters. The first kappa shape index (κ1) is 38.0. The number of aromatic nitrogens is 2. The first-order valence-corrected chi connectivity index (χ1v) is 20.8. The molecule has 0 unspecified atom stereocenters. The van der Waals surface area contributed by atoms with Gasteiger partial charge in [0.1, 0.15) is 0 Å². The summed E-state index contributed by atoms with van der Waals surface area (Å²) in [6.07, 6.45) is 7.54. The topological polar surface area (TPSA) is 42.9 Å². The lowest BCUT2D eigenvalue weighted by molar-refractivity contribution is 0.103. The number of rotatable bonds is 10. The molecule has 2 heterocycles. The fourth-order valence-electron chi connectivity index (χ4n) is 8.14. The van der Waals surface area contributed by atoms with Crippen LogP contribution < -0.4 is 0 Å². The minimum Gasteiger partial charge on any atom is -0.289 e. The van der Waals surface area contributed by atoms with Crippen molar-refractivity contribution in [3.05, 3.63) is 254 Å². The highest BCUT2D eigenvalue weighted by Crippen LogP contribution is 2.36. The maximum absolute atomic E-state index is 15.3. The van der Waals surface area contributed by atoms with Gasteiger partial charge in [0.2, 0.25) is 0 Å². The van der Waals surface area contributed by atoms with Gasteiger partial charge in [0, 0.05) is 58.2 Å². The molecule has 0 fully saturated rings. The van der Waals surface area contributed by atoms with E-state index >= 15 is 4.79 Å². The van der Waals surface area contributed by atoms with Crippen molar-refractivity contribution < 1.29 is 4.79 Å². The van der Waals surface area contributed by atoms with E-state index in [-0.39, 0.29) is 5.78 Å². The Balaban J connectivity index is 1.13. The second kappa shape index (κ2) is 17.1. The Kier molecular flexibility index (Phi) is 10.5. The number of benzene rings is 8. The Morgan fingerprint density at radius 3 is 0.790 bits per heavy atom. The Labute approximate surface area is 362 Å². The fourth-order valence-corrected chi connectivity index (χ4v) is 8.14. The van der Waals surface area contributed by atoms with Crippen LogP contribution >= 0.6 is 0 Å². The second-order valence-corrected chi connectivity index (χ2v) is 15.5. The highest BCUT2D eigenvalue weighted by molar-refractivity contribution is 6.11. The smallest absolute Gasteiger partial charge is 0.193 e. The standard InChI is InChI=1S/C59H40N2O/c62-59(53-31-49(47-25-13-23-45(27-47)41-15-5-1-6-16-41)29-51(33-53)57-35-55(37-60-39-57)43-19-9-3-10-20-43)54-32-50(48-26-14-24-46(28-48)42-17-7-2-8-18-42)30-52(34-54)58-36-56(38-61-40-58)44-21-11-4-12-22-44/h1-40H. The van der Waals surface area contributed by atoms with Gasteiger partial charge < -0.3 is 0 Å². The van der Waals surface area contributed by atoms with Crippen molar-refractivity contribution in [3.8, 4) is 89.0 Å². The summed E-state index contributed by atoms with van der Waals surface area (Å²) in [6.45, 7) is 0. The number of hydrogen-bond donors (Lipinski definition) is 0. The largest absolute Gasteiger partial charge is 0.289 e. The lowest BCUT2D eigenvalue weighted by atomic mass is 9.89. The molecule has 3 nitrogen and oxygen atoms in total. The third-order valence-corrected chi connectivity index (χ3v) is 11.4. The van der Waals surface area contributed by atoms with Crippen LogP contribution in [-0.2, 0) is 0 Å². The van der Waals surface area contributed by atoms with E-state index in [1.54, 1.807) is 0 Å². The summed E-state index contributed by atoms with van der Waals surface area (Å²) < 4.78 is 0. The van der Waals surface area contributed by atoms with Crippen molar-refractivity contribution in [2.75, 3.05) is 0 Å². The predicted octanol–water partition coefficient (Wildman–Crippen LogP) is 15.0.